The summed E-state index contributed by atoms with van der Waals surface area (Å²) in [5.74, 6) is 2.54. The average molecular weight is 137 g/mol. The average Bonchev–Trinajstić information content (AvgIpc) is 1.88. The minimum atomic E-state index is 0.954. The third kappa shape index (κ3) is 2.55. The molecule has 0 aromatic heterocycles. The van der Waals surface area contributed by atoms with Gasteiger partial charge in [-0.3, -0.25) is 0 Å². The molecule has 0 saturated carbocycles. The van der Waals surface area contributed by atoms with Crippen molar-refractivity contribution < 1.29 is 0 Å². The summed E-state index contributed by atoms with van der Waals surface area (Å²) in [4.78, 5) is 0. The zero-order valence-corrected chi connectivity index (χ0v) is 7.06. The van der Waals surface area contributed by atoms with Gasteiger partial charge in [0.1, 0.15) is 0 Å². The minimum Gasteiger partial charge on any atom is -0.0885 e. The van der Waals surface area contributed by atoms with E-state index in [1.165, 1.54) is 25.7 Å². The van der Waals surface area contributed by atoms with Crippen molar-refractivity contribution in [2.45, 2.75) is 39.5 Å². The van der Waals surface area contributed by atoms with E-state index in [0.29, 0.717) is 0 Å². The minimum absolute atomic E-state index is 0.954. The highest BCUT2D eigenvalue weighted by molar-refractivity contribution is 4.93. The first-order valence-electron chi connectivity index (χ1n) is 4.23. The quantitative estimate of drug-likeness (QED) is 0.512. The fraction of sp³-hybridized carbons (Fsp3) is 0.700. The first-order chi connectivity index (χ1) is 4.79. The van der Waals surface area contributed by atoms with Gasteiger partial charge in [0.15, 0.2) is 0 Å². The van der Waals surface area contributed by atoms with E-state index < -0.39 is 0 Å². The third-order valence-electron chi connectivity index (χ3n) is 2.07. The molecule has 10 heavy (non-hydrogen) atoms. The van der Waals surface area contributed by atoms with E-state index in [9.17, 15) is 0 Å². The van der Waals surface area contributed by atoms with Crippen molar-refractivity contribution in [2.24, 2.45) is 5.92 Å². The Morgan fingerprint density at radius 3 is 2.70 bits per heavy atom. The van der Waals surface area contributed by atoms with Crippen LogP contribution >= 0.6 is 0 Å². The first kappa shape index (κ1) is 7.84. The molecule has 0 aromatic carbocycles. The van der Waals surface area contributed by atoms with E-state index in [2.05, 4.69) is 26.0 Å². The van der Waals surface area contributed by atoms with Crippen LogP contribution in [-0.4, -0.2) is 0 Å². The van der Waals surface area contributed by atoms with Crippen LogP contribution in [0.15, 0.2) is 12.2 Å². The summed E-state index contributed by atoms with van der Waals surface area (Å²) in [5.41, 5.74) is 0. The van der Waals surface area contributed by atoms with Crippen molar-refractivity contribution in [3.8, 4) is 0 Å². The molecule has 0 bridgehead atoms. The van der Waals surface area contributed by atoms with Crippen LogP contribution in [0.2, 0.25) is 0 Å². The summed E-state index contributed by atoms with van der Waals surface area (Å²) in [6.45, 7) is 4.47. The molecule has 0 nitrogen and oxygen atoms in total. The Hall–Kier alpha value is -0.260. The highest BCUT2D eigenvalue weighted by atomic mass is 14.2. The van der Waals surface area contributed by atoms with E-state index in [-0.39, 0.29) is 0 Å². The number of rotatable bonds is 2. The lowest BCUT2D eigenvalue weighted by molar-refractivity contribution is 0.455. The Kier molecular flexibility index (Phi) is 2.98. The van der Waals surface area contributed by atoms with Crippen molar-refractivity contribution in [1.82, 2.24) is 0 Å². The van der Waals surface area contributed by atoms with Crippen molar-refractivity contribution in [2.75, 3.05) is 0 Å². The van der Waals surface area contributed by atoms with E-state index in [1.807, 2.05) is 0 Å². The van der Waals surface area contributed by atoms with Gasteiger partial charge >= 0.3 is 0 Å². The molecule has 0 heteroatoms. The topological polar surface area (TPSA) is 0 Å². The standard InChI is InChI=1S/C10H17/c1-9(2)8-10-6-4-3-5-7-10/h3-4,10H,5-8H2,1-2H3. The van der Waals surface area contributed by atoms with E-state index in [0.717, 1.165) is 5.92 Å². The first-order valence-corrected chi connectivity index (χ1v) is 4.23. The van der Waals surface area contributed by atoms with Crippen LogP contribution in [0.5, 0.6) is 0 Å². The van der Waals surface area contributed by atoms with Gasteiger partial charge in [0.05, 0.1) is 0 Å². The smallest absolute Gasteiger partial charge is 0.0300 e. The Bertz CT molecular complexity index is 111. The molecular weight excluding hydrogens is 120 g/mol. The predicted molar refractivity (Wildman–Crippen MR) is 45.7 cm³/mol. The lowest BCUT2D eigenvalue weighted by Crippen LogP contribution is -2.04. The lowest BCUT2D eigenvalue weighted by atomic mass is 9.87. The molecule has 1 rings (SSSR count). The van der Waals surface area contributed by atoms with Gasteiger partial charge in [-0.15, -0.1) is 0 Å². The van der Waals surface area contributed by atoms with E-state index in [1.54, 1.807) is 5.92 Å². The number of hydrogen-bond donors (Lipinski definition) is 0. The monoisotopic (exact) mass is 137 g/mol. The van der Waals surface area contributed by atoms with Gasteiger partial charge in [0.2, 0.25) is 0 Å². The molecule has 0 heterocycles. The number of allylic oxidation sites excluding steroid dienone is 2. The largest absolute Gasteiger partial charge is 0.0885 e. The maximum Gasteiger partial charge on any atom is -0.0300 e. The highest BCUT2D eigenvalue weighted by Crippen LogP contribution is 2.25. The van der Waals surface area contributed by atoms with Crippen molar-refractivity contribution >= 4 is 0 Å². The van der Waals surface area contributed by atoms with Crippen molar-refractivity contribution in [1.29, 1.82) is 0 Å². The molecule has 1 radical (unpaired) electrons. The second-order valence-corrected chi connectivity index (χ2v) is 3.56. The fourth-order valence-electron chi connectivity index (χ4n) is 1.62. The van der Waals surface area contributed by atoms with Gasteiger partial charge in [-0.1, -0.05) is 26.0 Å². The van der Waals surface area contributed by atoms with Crippen LogP contribution in [0, 0.1) is 11.8 Å². The lowest BCUT2D eigenvalue weighted by Gasteiger charge is -2.18. The molecule has 1 atom stereocenters. The summed E-state index contributed by atoms with van der Waals surface area (Å²) >= 11 is 0. The summed E-state index contributed by atoms with van der Waals surface area (Å²) < 4.78 is 0. The van der Waals surface area contributed by atoms with Crippen molar-refractivity contribution in [3.63, 3.8) is 0 Å². The van der Waals surface area contributed by atoms with Crippen LogP contribution < -0.4 is 0 Å². The molecule has 1 aliphatic rings. The summed E-state index contributed by atoms with van der Waals surface area (Å²) in [6, 6.07) is 0. The van der Waals surface area contributed by atoms with Crippen LogP contribution in [0.3, 0.4) is 0 Å². The Labute approximate surface area is 64.3 Å². The summed E-state index contributed by atoms with van der Waals surface area (Å²) in [5, 5.41) is 0. The fourth-order valence-corrected chi connectivity index (χ4v) is 1.62. The maximum absolute atomic E-state index is 2.33. The number of hydrogen-bond acceptors (Lipinski definition) is 0. The zero-order chi connectivity index (χ0) is 7.40. The molecule has 0 aromatic rings. The summed E-state index contributed by atoms with van der Waals surface area (Å²) in [6.07, 6.45) is 9.99. The SMILES string of the molecule is C[C](C)CC1CC=CCC1. The molecule has 1 unspecified atom stereocenters. The molecule has 0 fully saturated rings. The van der Waals surface area contributed by atoms with Gasteiger partial charge in [-0.25, -0.2) is 0 Å². The predicted octanol–water partition coefficient (Wildman–Crippen LogP) is 3.35. The van der Waals surface area contributed by atoms with Gasteiger partial charge in [0, 0.05) is 0 Å². The molecule has 0 N–H and O–H groups in total. The molecule has 0 saturated heterocycles. The Morgan fingerprint density at radius 1 is 1.40 bits per heavy atom. The van der Waals surface area contributed by atoms with E-state index >= 15 is 0 Å². The zero-order valence-electron chi connectivity index (χ0n) is 7.06. The second-order valence-electron chi connectivity index (χ2n) is 3.56. The van der Waals surface area contributed by atoms with Gasteiger partial charge in [0.25, 0.3) is 0 Å². The van der Waals surface area contributed by atoms with Crippen molar-refractivity contribution in [3.05, 3.63) is 18.1 Å². The second kappa shape index (κ2) is 3.80. The Balaban J connectivity index is 2.22. The van der Waals surface area contributed by atoms with Crippen LogP contribution in [0.1, 0.15) is 39.5 Å². The van der Waals surface area contributed by atoms with Gasteiger partial charge < -0.3 is 0 Å². The van der Waals surface area contributed by atoms with Gasteiger partial charge in [-0.2, -0.15) is 0 Å². The molecular formula is C10H17. The van der Waals surface area contributed by atoms with Crippen LogP contribution in [0.25, 0.3) is 0 Å². The summed E-state index contributed by atoms with van der Waals surface area (Å²) in [7, 11) is 0. The van der Waals surface area contributed by atoms with Gasteiger partial charge in [-0.05, 0) is 37.5 Å². The molecule has 0 amide bonds. The molecule has 0 spiro atoms. The molecule has 57 valence electrons. The third-order valence-corrected chi connectivity index (χ3v) is 2.07. The van der Waals surface area contributed by atoms with Crippen LogP contribution in [-0.2, 0) is 0 Å². The Morgan fingerprint density at radius 2 is 2.20 bits per heavy atom. The molecule has 1 aliphatic carbocycles. The van der Waals surface area contributed by atoms with E-state index in [4.69, 9.17) is 0 Å². The highest BCUT2D eigenvalue weighted by Gasteiger charge is 2.10. The van der Waals surface area contributed by atoms with Crippen LogP contribution in [0.4, 0.5) is 0 Å². The normalized spacial score (nSPS) is 25.7. The maximum atomic E-state index is 2.33. The molecule has 0 aliphatic heterocycles.